The third-order valence-electron chi connectivity index (χ3n) is 1.10. The van der Waals surface area contributed by atoms with Gasteiger partial charge in [-0.1, -0.05) is 11.8 Å². The molecule has 0 fully saturated rings. The molecule has 0 rings (SSSR count). The van der Waals surface area contributed by atoms with Gasteiger partial charge in [0.25, 0.3) is 0 Å². The summed E-state index contributed by atoms with van der Waals surface area (Å²) >= 11 is 0. The van der Waals surface area contributed by atoms with Gasteiger partial charge in [0.05, 0.1) is 0 Å². The van der Waals surface area contributed by atoms with Crippen LogP contribution in [0.15, 0.2) is 0 Å². The Morgan fingerprint density at radius 1 is 1.36 bits per heavy atom. The summed E-state index contributed by atoms with van der Waals surface area (Å²) in [5, 5.41) is 8.28. The molecule has 0 spiro atoms. The molecule has 0 saturated carbocycles. The number of rotatable bonds is 1. The molecule has 0 heterocycles. The van der Waals surface area contributed by atoms with Crippen LogP contribution in [-0.2, 0) is 4.74 Å². The first-order valence-corrected chi connectivity index (χ1v) is 3.28. The molecule has 1 N–H and O–H groups in total. The molecule has 0 amide bonds. The van der Waals surface area contributed by atoms with Crippen molar-refractivity contribution in [3.05, 3.63) is 0 Å². The van der Waals surface area contributed by atoms with Crippen LogP contribution in [-0.4, -0.2) is 24.4 Å². The Bertz CT molecular complexity index is 219. The van der Waals surface area contributed by atoms with Crippen molar-refractivity contribution in [1.82, 2.24) is 0 Å². The number of ether oxygens (including phenoxy) is 1. The number of methoxy groups -OCH3 is 1. The Hall–Kier alpha value is -0.960. The van der Waals surface area contributed by atoms with Crippen molar-refractivity contribution in [2.24, 2.45) is 0 Å². The highest BCUT2D eigenvalue weighted by Crippen LogP contribution is 2.03. The molecule has 60 valence electrons. The number of hydrogen-bond acceptors (Lipinski definition) is 2. The lowest BCUT2D eigenvalue weighted by atomic mass is 10.1. The summed E-state index contributed by atoms with van der Waals surface area (Å²) in [4.78, 5) is 0. The van der Waals surface area contributed by atoms with Crippen LogP contribution in [0.25, 0.3) is 0 Å². The first-order chi connectivity index (χ1) is 5.12. The van der Waals surface area contributed by atoms with Gasteiger partial charge in [0.2, 0.25) is 0 Å². The van der Waals surface area contributed by atoms with E-state index in [0.717, 1.165) is 0 Å². The van der Waals surface area contributed by atoms with E-state index in [1.54, 1.807) is 7.11 Å². The maximum atomic E-state index is 8.28. The molecule has 0 aromatic carbocycles. The fourth-order valence-electron chi connectivity index (χ4n) is 0.317. The van der Waals surface area contributed by atoms with Crippen LogP contribution in [0.1, 0.15) is 13.8 Å². The molecule has 0 bridgehead atoms. The average Bonchev–Trinajstić information content (AvgIpc) is 1.99. The van der Waals surface area contributed by atoms with Crippen molar-refractivity contribution in [3.63, 3.8) is 0 Å². The Kier molecular flexibility index (Phi) is 4.38. The zero-order chi connectivity index (χ0) is 8.74. The van der Waals surface area contributed by atoms with Crippen LogP contribution in [0.3, 0.4) is 0 Å². The van der Waals surface area contributed by atoms with Crippen molar-refractivity contribution < 1.29 is 9.84 Å². The number of hydrogen-bond donors (Lipinski definition) is 1. The predicted molar refractivity (Wildman–Crippen MR) is 43.7 cm³/mol. The summed E-state index contributed by atoms with van der Waals surface area (Å²) in [5.41, 5.74) is -0.454. The maximum absolute atomic E-state index is 8.28. The van der Waals surface area contributed by atoms with Crippen LogP contribution >= 0.6 is 0 Å². The van der Waals surface area contributed by atoms with Gasteiger partial charge < -0.3 is 9.84 Å². The quantitative estimate of drug-likeness (QED) is 0.551. The molecule has 0 aliphatic carbocycles. The summed E-state index contributed by atoms with van der Waals surface area (Å²) in [6.45, 7) is 3.54. The maximum Gasteiger partial charge on any atom is 0.123 e. The lowest BCUT2D eigenvalue weighted by Gasteiger charge is -2.13. The molecule has 0 saturated heterocycles. The van der Waals surface area contributed by atoms with E-state index in [-0.39, 0.29) is 6.61 Å². The molecule has 0 aromatic heterocycles. The van der Waals surface area contributed by atoms with E-state index in [4.69, 9.17) is 9.84 Å². The Balaban J connectivity index is 4.06. The van der Waals surface area contributed by atoms with E-state index < -0.39 is 5.60 Å². The first-order valence-electron chi connectivity index (χ1n) is 3.28. The third kappa shape index (κ3) is 5.48. The van der Waals surface area contributed by atoms with Gasteiger partial charge in [-0.25, -0.2) is 0 Å². The number of aliphatic hydroxyl groups is 1. The zero-order valence-corrected chi connectivity index (χ0v) is 7.06. The largest absolute Gasteiger partial charge is 0.384 e. The van der Waals surface area contributed by atoms with E-state index >= 15 is 0 Å². The molecule has 2 nitrogen and oxygen atoms in total. The van der Waals surface area contributed by atoms with Gasteiger partial charge in [-0.3, -0.25) is 0 Å². The van der Waals surface area contributed by atoms with Crippen LogP contribution in [0.5, 0.6) is 0 Å². The van der Waals surface area contributed by atoms with Crippen molar-refractivity contribution >= 4 is 0 Å². The smallest absolute Gasteiger partial charge is 0.123 e. The minimum absolute atomic E-state index is 0.151. The monoisotopic (exact) mass is 152 g/mol. The third-order valence-corrected chi connectivity index (χ3v) is 1.10. The SMILES string of the molecule is COC(C)(C)C#CC#CCO. The fourth-order valence-corrected chi connectivity index (χ4v) is 0.317. The molecular formula is C9H12O2. The van der Waals surface area contributed by atoms with Gasteiger partial charge in [-0.2, -0.15) is 0 Å². The van der Waals surface area contributed by atoms with Crippen molar-refractivity contribution in [2.75, 3.05) is 13.7 Å². The average molecular weight is 152 g/mol. The molecule has 11 heavy (non-hydrogen) atoms. The normalized spacial score (nSPS) is 9.09. The van der Waals surface area contributed by atoms with Crippen molar-refractivity contribution in [3.8, 4) is 23.7 Å². The highest BCUT2D eigenvalue weighted by atomic mass is 16.5. The molecule has 0 atom stereocenters. The minimum atomic E-state index is -0.454. The van der Waals surface area contributed by atoms with E-state index in [1.165, 1.54) is 0 Å². The van der Waals surface area contributed by atoms with Gasteiger partial charge in [0, 0.05) is 7.11 Å². The second kappa shape index (κ2) is 4.79. The Labute approximate surface area is 67.6 Å². The van der Waals surface area contributed by atoms with Gasteiger partial charge in [-0.15, -0.1) is 0 Å². The van der Waals surface area contributed by atoms with E-state index in [1.807, 2.05) is 13.8 Å². The lowest BCUT2D eigenvalue weighted by molar-refractivity contribution is 0.0742. The minimum Gasteiger partial charge on any atom is -0.384 e. The summed E-state index contributed by atoms with van der Waals surface area (Å²) in [7, 11) is 1.59. The van der Waals surface area contributed by atoms with Crippen molar-refractivity contribution in [1.29, 1.82) is 0 Å². The summed E-state index contributed by atoms with van der Waals surface area (Å²) in [5.74, 6) is 10.3. The fraction of sp³-hybridized carbons (Fsp3) is 0.556. The molecule has 0 unspecified atom stereocenters. The standard InChI is InChI=1S/C9H12O2/c1-9(2,11-3)7-5-4-6-8-10/h10H,8H2,1-3H3. The zero-order valence-electron chi connectivity index (χ0n) is 7.06. The van der Waals surface area contributed by atoms with E-state index in [2.05, 4.69) is 23.7 Å². The highest BCUT2D eigenvalue weighted by Gasteiger charge is 2.10. The second-order valence-corrected chi connectivity index (χ2v) is 2.42. The van der Waals surface area contributed by atoms with Crippen LogP contribution in [0, 0.1) is 23.7 Å². The van der Waals surface area contributed by atoms with Crippen LogP contribution in [0.4, 0.5) is 0 Å². The second-order valence-electron chi connectivity index (χ2n) is 2.42. The van der Waals surface area contributed by atoms with Gasteiger partial charge >= 0.3 is 0 Å². The Morgan fingerprint density at radius 2 is 2.00 bits per heavy atom. The topological polar surface area (TPSA) is 29.5 Å². The van der Waals surface area contributed by atoms with Crippen molar-refractivity contribution in [2.45, 2.75) is 19.4 Å². The van der Waals surface area contributed by atoms with Gasteiger partial charge in [0.15, 0.2) is 0 Å². The predicted octanol–water partition coefficient (Wildman–Crippen LogP) is 0.411. The summed E-state index contributed by atoms with van der Waals surface area (Å²) < 4.78 is 5.01. The molecule has 0 radical (unpaired) electrons. The molecule has 0 aromatic rings. The van der Waals surface area contributed by atoms with Gasteiger partial charge in [-0.05, 0) is 25.7 Å². The van der Waals surface area contributed by atoms with Crippen LogP contribution in [0.2, 0.25) is 0 Å². The molecule has 0 aliphatic heterocycles. The van der Waals surface area contributed by atoms with E-state index in [0.29, 0.717) is 0 Å². The molecular weight excluding hydrogens is 140 g/mol. The number of aliphatic hydroxyl groups excluding tert-OH is 1. The Morgan fingerprint density at radius 3 is 2.45 bits per heavy atom. The first kappa shape index (κ1) is 10.0. The summed E-state index contributed by atoms with van der Waals surface area (Å²) in [6, 6.07) is 0. The van der Waals surface area contributed by atoms with E-state index in [9.17, 15) is 0 Å². The highest BCUT2D eigenvalue weighted by molar-refractivity contribution is 5.29. The summed E-state index contributed by atoms with van der Waals surface area (Å²) in [6.07, 6.45) is 0. The molecule has 2 heteroatoms. The van der Waals surface area contributed by atoms with Gasteiger partial charge in [0.1, 0.15) is 12.2 Å². The molecule has 0 aliphatic rings. The van der Waals surface area contributed by atoms with Crippen LogP contribution < -0.4 is 0 Å². The lowest BCUT2D eigenvalue weighted by Crippen LogP contribution is -2.18.